The lowest BCUT2D eigenvalue weighted by Gasteiger charge is -1.98. The van der Waals surface area contributed by atoms with Crippen molar-refractivity contribution in [2.45, 2.75) is 20.4 Å². The zero-order chi connectivity index (χ0) is 14.1. The molecule has 0 aliphatic carbocycles. The van der Waals surface area contributed by atoms with Crippen molar-refractivity contribution in [3.8, 4) is 0 Å². The van der Waals surface area contributed by atoms with Crippen LogP contribution in [0.4, 0.5) is 0 Å². The summed E-state index contributed by atoms with van der Waals surface area (Å²) in [6.45, 7) is 4.22. The van der Waals surface area contributed by atoms with Crippen LogP contribution >= 0.6 is 11.3 Å². The minimum absolute atomic E-state index is 0.203. The summed E-state index contributed by atoms with van der Waals surface area (Å²) in [4.78, 5) is 26.9. The van der Waals surface area contributed by atoms with Gasteiger partial charge in [0.05, 0.1) is 13.2 Å². The summed E-state index contributed by atoms with van der Waals surface area (Å²) in [7, 11) is 0. The summed E-state index contributed by atoms with van der Waals surface area (Å²) >= 11 is 1.31. The molecule has 0 fully saturated rings. The van der Waals surface area contributed by atoms with E-state index < -0.39 is 5.97 Å². The monoisotopic (exact) mass is 280 g/mol. The predicted molar refractivity (Wildman–Crippen MR) is 73.9 cm³/mol. The number of amides is 1. The third-order valence-electron chi connectivity index (χ3n) is 2.00. The van der Waals surface area contributed by atoms with Gasteiger partial charge in [-0.05, 0) is 13.8 Å². The average Bonchev–Trinajstić information content (AvgIpc) is 2.86. The van der Waals surface area contributed by atoms with Gasteiger partial charge >= 0.3 is 5.97 Å². The number of allylic oxidation sites excluding steroid dienone is 3. The molecule has 19 heavy (non-hydrogen) atoms. The summed E-state index contributed by atoms with van der Waals surface area (Å²) in [5.74, 6) is -0.643. The van der Waals surface area contributed by atoms with Crippen molar-refractivity contribution >= 4 is 23.2 Å². The van der Waals surface area contributed by atoms with E-state index in [2.05, 4.69) is 10.3 Å². The number of carbonyl (C=O) groups is 2. The van der Waals surface area contributed by atoms with E-state index in [1.165, 1.54) is 17.4 Å². The maximum Gasteiger partial charge on any atom is 0.357 e. The number of carbonyl (C=O) groups excluding carboxylic acids is 2. The highest BCUT2D eigenvalue weighted by molar-refractivity contribution is 7.09. The van der Waals surface area contributed by atoms with Gasteiger partial charge in [-0.2, -0.15) is 0 Å². The summed E-state index contributed by atoms with van der Waals surface area (Å²) < 4.78 is 4.83. The first-order valence-corrected chi connectivity index (χ1v) is 6.74. The average molecular weight is 280 g/mol. The van der Waals surface area contributed by atoms with Crippen molar-refractivity contribution in [2.24, 2.45) is 0 Å². The van der Waals surface area contributed by atoms with Gasteiger partial charge in [0, 0.05) is 11.5 Å². The van der Waals surface area contributed by atoms with Gasteiger partial charge in [-0.25, -0.2) is 9.78 Å². The highest BCUT2D eigenvalue weighted by Crippen LogP contribution is 2.10. The number of esters is 1. The van der Waals surface area contributed by atoms with Gasteiger partial charge in [-0.3, -0.25) is 4.79 Å². The van der Waals surface area contributed by atoms with Gasteiger partial charge in [-0.15, -0.1) is 11.3 Å². The second kappa shape index (κ2) is 8.20. The number of hydrogen-bond donors (Lipinski definition) is 1. The maximum atomic E-state index is 11.4. The second-order valence-electron chi connectivity index (χ2n) is 3.45. The standard InChI is InChI=1S/C13H16N2O3S/c1-3-5-6-7-11(16)14-8-12-15-10(9-19-12)13(17)18-4-2/h3,5-7,9H,4,8H2,1-2H3,(H,14,16). The van der Waals surface area contributed by atoms with Crippen LogP contribution in [0, 0.1) is 0 Å². The molecule has 1 amide bonds. The van der Waals surface area contributed by atoms with Crippen molar-refractivity contribution in [2.75, 3.05) is 6.61 Å². The molecule has 1 heterocycles. The minimum Gasteiger partial charge on any atom is -0.461 e. The zero-order valence-electron chi connectivity index (χ0n) is 10.9. The Morgan fingerprint density at radius 3 is 2.95 bits per heavy atom. The van der Waals surface area contributed by atoms with Gasteiger partial charge in [0.25, 0.3) is 0 Å². The van der Waals surface area contributed by atoms with E-state index in [-0.39, 0.29) is 11.6 Å². The first-order valence-electron chi connectivity index (χ1n) is 5.86. The molecule has 0 aromatic carbocycles. The van der Waals surface area contributed by atoms with Crippen LogP contribution in [0.1, 0.15) is 29.3 Å². The van der Waals surface area contributed by atoms with E-state index in [9.17, 15) is 9.59 Å². The predicted octanol–water partition coefficient (Wildman–Crippen LogP) is 2.07. The van der Waals surface area contributed by atoms with Crippen molar-refractivity contribution in [1.82, 2.24) is 10.3 Å². The Kier molecular flexibility index (Phi) is 6.52. The molecule has 0 bridgehead atoms. The Bertz CT molecular complexity index is 492. The fourth-order valence-corrected chi connectivity index (χ4v) is 1.87. The van der Waals surface area contributed by atoms with E-state index >= 15 is 0 Å². The van der Waals surface area contributed by atoms with Crippen molar-refractivity contribution in [3.63, 3.8) is 0 Å². The Labute approximate surface area is 116 Å². The third kappa shape index (κ3) is 5.48. The normalized spacial score (nSPS) is 11.1. The smallest absolute Gasteiger partial charge is 0.357 e. The lowest BCUT2D eigenvalue weighted by Crippen LogP contribution is -2.20. The number of ether oxygens (including phenoxy) is 1. The number of rotatable bonds is 6. The molecule has 5 nitrogen and oxygen atoms in total. The second-order valence-corrected chi connectivity index (χ2v) is 4.39. The Morgan fingerprint density at radius 1 is 1.47 bits per heavy atom. The molecule has 1 aromatic heterocycles. The zero-order valence-corrected chi connectivity index (χ0v) is 11.7. The van der Waals surface area contributed by atoms with Gasteiger partial charge in [0.15, 0.2) is 5.69 Å². The Morgan fingerprint density at radius 2 is 2.26 bits per heavy atom. The van der Waals surface area contributed by atoms with Gasteiger partial charge in [0.1, 0.15) is 5.01 Å². The molecule has 0 saturated heterocycles. The largest absolute Gasteiger partial charge is 0.461 e. The molecule has 0 aliphatic heterocycles. The topological polar surface area (TPSA) is 68.3 Å². The minimum atomic E-state index is -0.440. The van der Waals surface area contributed by atoms with Crippen molar-refractivity contribution in [3.05, 3.63) is 40.4 Å². The summed E-state index contributed by atoms with van der Waals surface area (Å²) in [6.07, 6.45) is 6.68. The van der Waals surface area contributed by atoms with E-state index in [4.69, 9.17) is 4.74 Å². The van der Waals surface area contributed by atoms with E-state index in [0.29, 0.717) is 18.2 Å². The molecule has 102 valence electrons. The Balaban J connectivity index is 2.46. The summed E-state index contributed by atoms with van der Waals surface area (Å²) in [6, 6.07) is 0. The fraction of sp³-hybridized carbons (Fsp3) is 0.308. The number of nitrogens with zero attached hydrogens (tertiary/aromatic N) is 1. The number of aromatic nitrogens is 1. The van der Waals surface area contributed by atoms with E-state index in [0.717, 1.165) is 0 Å². The highest BCUT2D eigenvalue weighted by atomic mass is 32.1. The molecule has 0 spiro atoms. The van der Waals surface area contributed by atoms with Crippen LogP contribution in [-0.4, -0.2) is 23.5 Å². The van der Waals surface area contributed by atoms with Crippen LogP contribution in [0.5, 0.6) is 0 Å². The lowest BCUT2D eigenvalue weighted by molar-refractivity contribution is -0.116. The SMILES string of the molecule is CC=CC=CC(=O)NCc1nc(C(=O)OCC)cs1. The molecule has 1 aromatic rings. The first kappa shape index (κ1) is 15.1. The van der Waals surface area contributed by atoms with Crippen LogP contribution in [0.25, 0.3) is 0 Å². The molecule has 1 rings (SSSR count). The fourth-order valence-electron chi connectivity index (χ4n) is 1.17. The molecule has 0 atom stereocenters. The first-order chi connectivity index (χ1) is 9.17. The molecule has 0 unspecified atom stereocenters. The number of thiazole rings is 1. The molecule has 0 saturated carbocycles. The molecule has 0 radical (unpaired) electrons. The lowest BCUT2D eigenvalue weighted by atomic mass is 10.4. The Hall–Kier alpha value is -1.95. The van der Waals surface area contributed by atoms with Crippen molar-refractivity contribution < 1.29 is 14.3 Å². The molecule has 1 N–H and O–H groups in total. The van der Waals surface area contributed by atoms with Gasteiger partial charge < -0.3 is 10.1 Å². The van der Waals surface area contributed by atoms with Crippen LogP contribution < -0.4 is 5.32 Å². The maximum absolute atomic E-state index is 11.4. The molecular formula is C13H16N2O3S. The van der Waals surface area contributed by atoms with Crippen molar-refractivity contribution in [1.29, 1.82) is 0 Å². The van der Waals surface area contributed by atoms with Gasteiger partial charge in [-0.1, -0.05) is 18.2 Å². The van der Waals surface area contributed by atoms with Gasteiger partial charge in [0.2, 0.25) is 5.91 Å². The van der Waals surface area contributed by atoms with Crippen LogP contribution in [-0.2, 0) is 16.1 Å². The summed E-state index contributed by atoms with van der Waals surface area (Å²) in [5.41, 5.74) is 0.278. The van der Waals surface area contributed by atoms with Crippen LogP contribution in [0.2, 0.25) is 0 Å². The molecular weight excluding hydrogens is 264 g/mol. The van der Waals surface area contributed by atoms with Crippen LogP contribution in [0.15, 0.2) is 29.7 Å². The van der Waals surface area contributed by atoms with Crippen LogP contribution in [0.3, 0.4) is 0 Å². The van der Waals surface area contributed by atoms with E-state index in [1.807, 2.05) is 13.0 Å². The molecule has 6 heteroatoms. The quantitative estimate of drug-likeness (QED) is 0.492. The molecule has 0 aliphatic rings. The number of nitrogens with one attached hydrogen (secondary N) is 1. The number of hydrogen-bond acceptors (Lipinski definition) is 5. The third-order valence-corrected chi connectivity index (χ3v) is 2.85. The van der Waals surface area contributed by atoms with E-state index in [1.54, 1.807) is 24.5 Å². The summed E-state index contributed by atoms with van der Waals surface area (Å²) in [5, 5.41) is 4.96. The highest BCUT2D eigenvalue weighted by Gasteiger charge is 2.11.